The van der Waals surface area contributed by atoms with Crippen molar-refractivity contribution in [3.63, 3.8) is 0 Å². The SMILES string of the molecule is CNC1CCN(S(=O)(=O)N2CC(C)CC(C)C2)CC1. The molecule has 2 aliphatic rings. The maximum atomic E-state index is 12.7. The summed E-state index contributed by atoms with van der Waals surface area (Å²) < 4.78 is 28.7. The molecule has 0 aromatic rings. The van der Waals surface area contributed by atoms with Crippen LogP contribution in [-0.2, 0) is 10.2 Å². The molecule has 0 saturated carbocycles. The molecule has 0 aromatic carbocycles. The first-order chi connectivity index (χ1) is 8.93. The summed E-state index contributed by atoms with van der Waals surface area (Å²) in [4.78, 5) is 0. The van der Waals surface area contributed by atoms with E-state index in [0.717, 1.165) is 19.3 Å². The van der Waals surface area contributed by atoms with Crippen molar-refractivity contribution in [2.45, 2.75) is 39.2 Å². The van der Waals surface area contributed by atoms with Crippen molar-refractivity contribution in [3.8, 4) is 0 Å². The number of rotatable bonds is 3. The van der Waals surface area contributed by atoms with Crippen LogP contribution in [0.2, 0.25) is 0 Å². The lowest BCUT2D eigenvalue weighted by atomic mass is 9.94. The summed E-state index contributed by atoms with van der Waals surface area (Å²) in [7, 11) is -1.30. The maximum Gasteiger partial charge on any atom is 0.281 e. The number of hydrogen-bond acceptors (Lipinski definition) is 3. The molecule has 0 radical (unpaired) electrons. The van der Waals surface area contributed by atoms with Gasteiger partial charge in [-0.1, -0.05) is 13.8 Å². The van der Waals surface area contributed by atoms with Crippen molar-refractivity contribution in [1.82, 2.24) is 13.9 Å². The minimum absolute atomic E-state index is 0.464. The average Bonchev–Trinajstić information content (AvgIpc) is 2.37. The molecule has 0 amide bonds. The molecule has 0 aromatic heterocycles. The summed E-state index contributed by atoms with van der Waals surface area (Å²) in [6.45, 7) is 6.94. The van der Waals surface area contributed by atoms with E-state index in [2.05, 4.69) is 19.2 Å². The first-order valence-corrected chi connectivity index (χ1v) is 8.75. The Balaban J connectivity index is 2.02. The van der Waals surface area contributed by atoms with E-state index in [1.165, 1.54) is 0 Å². The summed E-state index contributed by atoms with van der Waals surface area (Å²) in [5, 5.41) is 3.23. The van der Waals surface area contributed by atoms with Crippen molar-refractivity contribution < 1.29 is 8.42 Å². The largest absolute Gasteiger partial charge is 0.317 e. The summed E-state index contributed by atoms with van der Waals surface area (Å²) in [5.41, 5.74) is 0. The number of piperidine rings is 2. The van der Waals surface area contributed by atoms with Crippen LogP contribution in [0.25, 0.3) is 0 Å². The molecular weight excluding hydrogens is 262 g/mol. The zero-order valence-corrected chi connectivity index (χ0v) is 13.1. The second kappa shape index (κ2) is 6.08. The van der Waals surface area contributed by atoms with Gasteiger partial charge in [-0.3, -0.25) is 0 Å². The molecule has 2 heterocycles. The fourth-order valence-electron chi connectivity index (χ4n) is 3.33. The van der Waals surface area contributed by atoms with Gasteiger partial charge in [-0.15, -0.1) is 0 Å². The fraction of sp³-hybridized carbons (Fsp3) is 1.00. The molecular formula is C13H27N3O2S. The second-order valence-electron chi connectivity index (χ2n) is 6.23. The molecule has 2 atom stereocenters. The highest BCUT2D eigenvalue weighted by Crippen LogP contribution is 2.26. The Kier molecular flexibility index (Phi) is 4.87. The Morgan fingerprint density at radius 1 is 1.00 bits per heavy atom. The van der Waals surface area contributed by atoms with E-state index in [4.69, 9.17) is 0 Å². The quantitative estimate of drug-likeness (QED) is 0.839. The Morgan fingerprint density at radius 2 is 1.53 bits per heavy atom. The smallest absolute Gasteiger partial charge is 0.281 e. The molecule has 2 saturated heterocycles. The van der Waals surface area contributed by atoms with E-state index in [1.54, 1.807) is 8.61 Å². The van der Waals surface area contributed by atoms with Crippen LogP contribution in [0.15, 0.2) is 0 Å². The van der Waals surface area contributed by atoms with Gasteiger partial charge in [0.1, 0.15) is 0 Å². The van der Waals surface area contributed by atoms with Crippen LogP contribution >= 0.6 is 0 Å². The van der Waals surface area contributed by atoms with Gasteiger partial charge < -0.3 is 5.32 Å². The highest BCUT2D eigenvalue weighted by Gasteiger charge is 2.36. The zero-order chi connectivity index (χ0) is 14.0. The standard InChI is InChI=1S/C13H27N3O2S/c1-11-8-12(2)10-16(9-11)19(17,18)15-6-4-13(14-3)5-7-15/h11-14H,4-10H2,1-3H3. The van der Waals surface area contributed by atoms with E-state index >= 15 is 0 Å². The van der Waals surface area contributed by atoms with Crippen LogP contribution < -0.4 is 5.32 Å². The van der Waals surface area contributed by atoms with E-state index in [1.807, 2.05) is 7.05 Å². The lowest BCUT2D eigenvalue weighted by molar-refractivity contribution is 0.200. The van der Waals surface area contributed by atoms with Crippen molar-refractivity contribution in [1.29, 1.82) is 0 Å². The van der Waals surface area contributed by atoms with Gasteiger partial charge in [0.25, 0.3) is 10.2 Å². The second-order valence-corrected chi connectivity index (χ2v) is 8.16. The predicted molar refractivity (Wildman–Crippen MR) is 77.1 cm³/mol. The molecule has 6 heteroatoms. The molecule has 0 bridgehead atoms. The molecule has 5 nitrogen and oxygen atoms in total. The lowest BCUT2D eigenvalue weighted by Crippen LogP contribution is -2.52. The fourth-order valence-corrected chi connectivity index (χ4v) is 5.22. The van der Waals surface area contributed by atoms with Crippen LogP contribution in [0.4, 0.5) is 0 Å². The first-order valence-electron chi connectivity index (χ1n) is 7.36. The van der Waals surface area contributed by atoms with E-state index in [0.29, 0.717) is 44.1 Å². The summed E-state index contributed by atoms with van der Waals surface area (Å²) in [5.74, 6) is 0.932. The minimum atomic E-state index is -3.24. The number of nitrogens with zero attached hydrogens (tertiary/aromatic N) is 2. The highest BCUT2D eigenvalue weighted by atomic mass is 32.2. The molecule has 19 heavy (non-hydrogen) atoms. The van der Waals surface area contributed by atoms with Crippen LogP contribution in [-0.4, -0.2) is 56.3 Å². The minimum Gasteiger partial charge on any atom is -0.317 e. The summed E-state index contributed by atoms with van der Waals surface area (Å²) >= 11 is 0. The Bertz CT molecular complexity index is 381. The molecule has 2 rings (SSSR count). The van der Waals surface area contributed by atoms with Gasteiger partial charge in [0, 0.05) is 32.2 Å². The van der Waals surface area contributed by atoms with Gasteiger partial charge >= 0.3 is 0 Å². The van der Waals surface area contributed by atoms with Crippen LogP contribution in [0.1, 0.15) is 33.1 Å². The first kappa shape index (κ1) is 15.2. The third kappa shape index (κ3) is 3.48. The third-order valence-electron chi connectivity index (χ3n) is 4.35. The molecule has 1 N–H and O–H groups in total. The van der Waals surface area contributed by atoms with E-state index < -0.39 is 10.2 Å². The summed E-state index contributed by atoms with van der Waals surface area (Å²) in [6.07, 6.45) is 2.96. The maximum absolute atomic E-state index is 12.7. The van der Waals surface area contributed by atoms with Crippen LogP contribution in [0, 0.1) is 11.8 Å². The monoisotopic (exact) mass is 289 g/mol. The summed E-state index contributed by atoms with van der Waals surface area (Å²) in [6, 6.07) is 0.464. The zero-order valence-electron chi connectivity index (χ0n) is 12.3. The van der Waals surface area contributed by atoms with Gasteiger partial charge in [0.2, 0.25) is 0 Å². The van der Waals surface area contributed by atoms with E-state index in [9.17, 15) is 8.42 Å². The van der Waals surface area contributed by atoms with Gasteiger partial charge in [-0.2, -0.15) is 17.0 Å². The lowest BCUT2D eigenvalue weighted by Gasteiger charge is -2.39. The normalized spacial score (nSPS) is 32.6. The molecule has 0 aliphatic carbocycles. The highest BCUT2D eigenvalue weighted by molar-refractivity contribution is 7.86. The average molecular weight is 289 g/mol. The van der Waals surface area contributed by atoms with Gasteiger partial charge in [0.15, 0.2) is 0 Å². The van der Waals surface area contributed by atoms with Crippen molar-refractivity contribution in [3.05, 3.63) is 0 Å². The predicted octanol–water partition coefficient (Wildman–Crippen LogP) is 0.893. The Labute approximate surface area is 117 Å². The third-order valence-corrected chi connectivity index (χ3v) is 6.32. The van der Waals surface area contributed by atoms with Crippen molar-refractivity contribution in [2.24, 2.45) is 11.8 Å². The number of nitrogens with one attached hydrogen (secondary N) is 1. The molecule has 0 spiro atoms. The topological polar surface area (TPSA) is 52.7 Å². The molecule has 2 aliphatic heterocycles. The van der Waals surface area contributed by atoms with Crippen LogP contribution in [0.5, 0.6) is 0 Å². The Hall–Kier alpha value is -0.170. The van der Waals surface area contributed by atoms with Gasteiger partial charge in [-0.25, -0.2) is 0 Å². The number of hydrogen-bond donors (Lipinski definition) is 1. The van der Waals surface area contributed by atoms with Gasteiger partial charge in [-0.05, 0) is 38.1 Å². The van der Waals surface area contributed by atoms with E-state index in [-0.39, 0.29) is 0 Å². The Morgan fingerprint density at radius 3 is 2.00 bits per heavy atom. The van der Waals surface area contributed by atoms with Crippen molar-refractivity contribution in [2.75, 3.05) is 33.2 Å². The van der Waals surface area contributed by atoms with Crippen molar-refractivity contribution >= 4 is 10.2 Å². The molecule has 2 unspecified atom stereocenters. The van der Waals surface area contributed by atoms with Crippen LogP contribution in [0.3, 0.4) is 0 Å². The van der Waals surface area contributed by atoms with Gasteiger partial charge in [0.05, 0.1) is 0 Å². The molecule has 112 valence electrons. The molecule has 2 fully saturated rings.